The Balaban J connectivity index is 0.000000277. The van der Waals surface area contributed by atoms with Crippen LogP contribution in [0.3, 0.4) is 0 Å². The number of aliphatic hydroxyl groups is 1. The number of carbonyl (C=O) groups is 1. The van der Waals surface area contributed by atoms with E-state index in [1.165, 1.54) is 23.8 Å². The molecule has 0 aromatic heterocycles. The summed E-state index contributed by atoms with van der Waals surface area (Å²) < 4.78 is 9.32. The molecule has 1 N–H and O–H groups in total. The van der Waals surface area contributed by atoms with Crippen LogP contribution >= 0.6 is 0 Å². The van der Waals surface area contributed by atoms with Gasteiger partial charge in [-0.1, -0.05) is 54.1 Å². The van der Waals surface area contributed by atoms with Gasteiger partial charge < -0.3 is 14.6 Å². The van der Waals surface area contributed by atoms with Gasteiger partial charge in [0, 0.05) is 7.11 Å². The molecular weight excluding hydrogens is 304 g/mol. The van der Waals surface area contributed by atoms with Crippen LogP contribution in [0.15, 0.2) is 48.5 Å². The summed E-state index contributed by atoms with van der Waals surface area (Å²) in [5.41, 5.74) is 4.62. The third kappa shape index (κ3) is 6.52. The van der Waals surface area contributed by atoms with Crippen molar-refractivity contribution in [2.45, 2.75) is 33.5 Å². The maximum Gasteiger partial charge on any atom is 0.334 e. The van der Waals surface area contributed by atoms with Crippen molar-refractivity contribution < 1.29 is 19.4 Å². The fourth-order valence-electron chi connectivity index (χ4n) is 1.90. The van der Waals surface area contributed by atoms with Crippen LogP contribution in [0, 0.1) is 6.92 Å². The Morgan fingerprint density at radius 1 is 1.04 bits per heavy atom. The number of ether oxygens (including phenoxy) is 2. The van der Waals surface area contributed by atoms with Gasteiger partial charge in [-0.25, -0.2) is 4.79 Å². The number of carbonyl (C=O) groups excluding carboxylic acids is 1. The summed E-state index contributed by atoms with van der Waals surface area (Å²) in [6.45, 7) is 6.01. The van der Waals surface area contributed by atoms with Gasteiger partial charge in [-0.05, 0) is 37.5 Å². The molecular formula is C20H26O4. The Bertz CT molecular complexity index is 603. The number of aliphatic hydroxyl groups excluding tert-OH is 1. The van der Waals surface area contributed by atoms with Gasteiger partial charge in [0.25, 0.3) is 0 Å². The average molecular weight is 330 g/mol. The molecule has 0 fully saturated rings. The first-order chi connectivity index (χ1) is 11.5. The Hall–Kier alpha value is -2.17. The molecule has 0 saturated carbocycles. The molecule has 0 amide bonds. The van der Waals surface area contributed by atoms with Crippen molar-refractivity contribution in [2.75, 3.05) is 13.7 Å². The van der Waals surface area contributed by atoms with Gasteiger partial charge in [-0.2, -0.15) is 0 Å². The van der Waals surface area contributed by atoms with Crippen LogP contribution in [0.25, 0.3) is 11.1 Å². The van der Waals surface area contributed by atoms with E-state index in [4.69, 9.17) is 5.11 Å². The van der Waals surface area contributed by atoms with E-state index in [0.717, 1.165) is 5.56 Å². The average Bonchev–Trinajstić information content (AvgIpc) is 2.62. The molecule has 1 atom stereocenters. The van der Waals surface area contributed by atoms with E-state index in [9.17, 15) is 4.79 Å². The number of aryl methyl sites for hydroxylation is 1. The van der Waals surface area contributed by atoms with Crippen molar-refractivity contribution >= 4 is 5.97 Å². The highest BCUT2D eigenvalue weighted by atomic mass is 16.6. The fourth-order valence-corrected chi connectivity index (χ4v) is 1.90. The Morgan fingerprint density at radius 3 is 1.96 bits per heavy atom. The number of benzene rings is 2. The lowest BCUT2D eigenvalue weighted by Crippen LogP contribution is -2.21. The normalized spacial score (nSPS) is 11.2. The molecule has 0 spiro atoms. The highest BCUT2D eigenvalue weighted by molar-refractivity contribution is 5.74. The smallest absolute Gasteiger partial charge is 0.334 e. The van der Waals surface area contributed by atoms with E-state index in [1.807, 2.05) is 24.3 Å². The summed E-state index contributed by atoms with van der Waals surface area (Å²) in [6.07, 6.45) is -0.440. The Labute approximate surface area is 144 Å². The number of esters is 1. The Kier molecular flexibility index (Phi) is 8.76. The summed E-state index contributed by atoms with van der Waals surface area (Å²) in [4.78, 5) is 10.6. The first-order valence-corrected chi connectivity index (χ1v) is 7.98. The molecule has 4 nitrogen and oxygen atoms in total. The monoisotopic (exact) mass is 330 g/mol. The fraction of sp³-hybridized carbons (Fsp3) is 0.350. The zero-order valence-corrected chi connectivity index (χ0v) is 14.8. The summed E-state index contributed by atoms with van der Waals surface area (Å²) in [6, 6.07) is 16.4. The molecule has 0 radical (unpaired) electrons. The lowest BCUT2D eigenvalue weighted by Gasteiger charge is -2.06. The van der Waals surface area contributed by atoms with Gasteiger partial charge in [0.1, 0.15) is 0 Å². The largest absolute Gasteiger partial charge is 0.464 e. The van der Waals surface area contributed by atoms with Crippen LogP contribution in [-0.2, 0) is 20.9 Å². The second kappa shape index (κ2) is 10.6. The minimum Gasteiger partial charge on any atom is -0.464 e. The number of hydrogen-bond donors (Lipinski definition) is 1. The molecule has 24 heavy (non-hydrogen) atoms. The first kappa shape index (κ1) is 19.9. The molecule has 1 unspecified atom stereocenters. The van der Waals surface area contributed by atoms with Gasteiger partial charge in [0.2, 0.25) is 0 Å². The van der Waals surface area contributed by atoms with Crippen molar-refractivity contribution in [1.82, 2.24) is 0 Å². The van der Waals surface area contributed by atoms with E-state index in [2.05, 4.69) is 40.7 Å². The van der Waals surface area contributed by atoms with Crippen LogP contribution in [0.5, 0.6) is 0 Å². The van der Waals surface area contributed by atoms with E-state index >= 15 is 0 Å². The molecule has 4 heteroatoms. The molecule has 0 bridgehead atoms. The molecule has 2 rings (SSSR count). The molecule has 130 valence electrons. The summed E-state index contributed by atoms with van der Waals surface area (Å²) >= 11 is 0. The summed E-state index contributed by atoms with van der Waals surface area (Å²) in [7, 11) is 1.47. The summed E-state index contributed by atoms with van der Waals surface area (Å²) in [5.74, 6) is -0.306. The second-order valence-corrected chi connectivity index (χ2v) is 5.35. The predicted octanol–water partition coefficient (Wildman–Crippen LogP) is 3.74. The minimum atomic E-state index is -0.440. The van der Waals surface area contributed by atoms with Crippen molar-refractivity contribution in [1.29, 1.82) is 0 Å². The molecule has 2 aromatic rings. The third-order valence-corrected chi connectivity index (χ3v) is 3.49. The lowest BCUT2D eigenvalue weighted by molar-refractivity contribution is -0.153. The first-order valence-electron chi connectivity index (χ1n) is 7.98. The van der Waals surface area contributed by atoms with Gasteiger partial charge in [0.05, 0.1) is 13.2 Å². The van der Waals surface area contributed by atoms with Gasteiger partial charge >= 0.3 is 5.97 Å². The predicted molar refractivity (Wildman–Crippen MR) is 95.6 cm³/mol. The van der Waals surface area contributed by atoms with Crippen molar-refractivity contribution in [2.24, 2.45) is 0 Å². The van der Waals surface area contributed by atoms with E-state index in [0.29, 0.717) is 6.61 Å². The molecule has 0 heterocycles. The topological polar surface area (TPSA) is 55.8 Å². The van der Waals surface area contributed by atoms with E-state index < -0.39 is 6.10 Å². The lowest BCUT2D eigenvalue weighted by atomic mass is 10.0. The highest BCUT2D eigenvalue weighted by Crippen LogP contribution is 2.20. The number of rotatable bonds is 5. The van der Waals surface area contributed by atoms with Gasteiger partial charge in [0.15, 0.2) is 6.10 Å². The highest BCUT2D eigenvalue weighted by Gasteiger charge is 2.10. The summed E-state index contributed by atoms with van der Waals surface area (Å²) in [5, 5.41) is 8.94. The second-order valence-electron chi connectivity index (χ2n) is 5.35. The SMILES string of the molecule is CCOC(=O)C(C)OC.Cc1ccc(-c2ccc(CO)cc2)cc1. The number of hydrogen-bond acceptors (Lipinski definition) is 4. The number of methoxy groups -OCH3 is 1. The van der Waals surface area contributed by atoms with Crippen LogP contribution in [0.2, 0.25) is 0 Å². The van der Waals surface area contributed by atoms with Crippen molar-refractivity contribution in [3.05, 3.63) is 59.7 Å². The molecule has 0 aliphatic heterocycles. The van der Waals surface area contributed by atoms with E-state index in [-0.39, 0.29) is 12.6 Å². The zero-order valence-electron chi connectivity index (χ0n) is 14.8. The zero-order chi connectivity index (χ0) is 17.9. The molecule has 0 aliphatic rings. The van der Waals surface area contributed by atoms with Crippen LogP contribution in [-0.4, -0.2) is 30.9 Å². The van der Waals surface area contributed by atoms with Crippen molar-refractivity contribution in [3.63, 3.8) is 0 Å². The minimum absolute atomic E-state index is 0.105. The van der Waals surface area contributed by atoms with E-state index in [1.54, 1.807) is 13.8 Å². The molecule has 2 aromatic carbocycles. The Morgan fingerprint density at radius 2 is 1.54 bits per heavy atom. The maximum absolute atomic E-state index is 10.6. The standard InChI is InChI=1S/C14H14O.C6H12O3/c1-11-2-6-13(7-3-11)14-8-4-12(10-15)5-9-14;1-4-9-6(7)5(2)8-3/h2-9,15H,10H2,1H3;5H,4H2,1-3H3. The van der Waals surface area contributed by atoms with Gasteiger partial charge in [-0.15, -0.1) is 0 Å². The molecule has 0 aliphatic carbocycles. The van der Waals surface area contributed by atoms with Crippen LogP contribution in [0.1, 0.15) is 25.0 Å². The van der Waals surface area contributed by atoms with Crippen LogP contribution < -0.4 is 0 Å². The molecule has 0 saturated heterocycles. The maximum atomic E-state index is 10.6. The van der Waals surface area contributed by atoms with Gasteiger partial charge in [-0.3, -0.25) is 0 Å². The quantitative estimate of drug-likeness (QED) is 0.849. The van der Waals surface area contributed by atoms with Crippen molar-refractivity contribution in [3.8, 4) is 11.1 Å². The third-order valence-electron chi connectivity index (χ3n) is 3.49. The van der Waals surface area contributed by atoms with Crippen LogP contribution in [0.4, 0.5) is 0 Å².